The Bertz CT molecular complexity index is 649. The highest BCUT2D eigenvalue weighted by Crippen LogP contribution is 2.19. The minimum absolute atomic E-state index is 0.310. The summed E-state index contributed by atoms with van der Waals surface area (Å²) in [6.07, 6.45) is -4.41. The van der Waals surface area contributed by atoms with Gasteiger partial charge >= 0.3 is 6.18 Å². The maximum Gasteiger partial charge on any atom is 0.408 e. The maximum atomic E-state index is 12.0. The number of rotatable bonds is 9. The van der Waals surface area contributed by atoms with Gasteiger partial charge in [0.2, 0.25) is 0 Å². The molecule has 4 N–H and O–H groups in total. The highest BCUT2D eigenvalue weighted by molar-refractivity contribution is 7.98. The number of hydrogen-bond acceptors (Lipinski definition) is 7. The summed E-state index contributed by atoms with van der Waals surface area (Å²) < 4.78 is 36.1. The van der Waals surface area contributed by atoms with Crippen LogP contribution in [0.1, 0.15) is 5.69 Å². The number of anilines is 1. The third-order valence-corrected chi connectivity index (χ3v) is 4.39. The standard InChI is InChI=1S/C12H18F3N7O2S2/c1-17-9(4-22(23)24)18-2-3-25-5-8-6-26-11(20-8)21-10(16)19-7-12(13,14)15/h6H,2-5,7H2,1H3,(H,17,18)(H3,16,19,20,21). The van der Waals surface area contributed by atoms with Gasteiger partial charge in [0.25, 0.3) is 6.54 Å². The van der Waals surface area contributed by atoms with E-state index in [0.29, 0.717) is 29.0 Å². The van der Waals surface area contributed by atoms with Crippen LogP contribution in [0.25, 0.3) is 0 Å². The smallest absolute Gasteiger partial charge is 0.370 e. The molecule has 0 saturated heterocycles. The molecule has 9 nitrogen and oxygen atoms in total. The Hall–Kier alpha value is -2.09. The Morgan fingerprint density at radius 3 is 2.88 bits per heavy atom. The Kier molecular flexibility index (Phi) is 9.12. The lowest BCUT2D eigenvalue weighted by Gasteiger charge is -2.05. The number of hydrogen-bond donors (Lipinski definition) is 3. The van der Waals surface area contributed by atoms with Gasteiger partial charge in [0.1, 0.15) is 6.54 Å². The van der Waals surface area contributed by atoms with E-state index in [9.17, 15) is 23.3 Å². The van der Waals surface area contributed by atoms with Crippen LogP contribution in [0.4, 0.5) is 18.3 Å². The lowest BCUT2D eigenvalue weighted by molar-refractivity contribution is -0.463. The number of amidine groups is 1. The van der Waals surface area contributed by atoms with Gasteiger partial charge in [0, 0.05) is 35.4 Å². The minimum atomic E-state index is -4.41. The van der Waals surface area contributed by atoms with Crippen molar-refractivity contribution < 1.29 is 18.1 Å². The average Bonchev–Trinajstić information content (AvgIpc) is 2.97. The van der Waals surface area contributed by atoms with E-state index in [2.05, 4.69) is 25.6 Å². The van der Waals surface area contributed by atoms with E-state index in [-0.39, 0.29) is 12.5 Å². The van der Waals surface area contributed by atoms with E-state index in [1.807, 2.05) is 0 Å². The number of nitrogens with zero attached hydrogens (tertiary/aromatic N) is 4. The second kappa shape index (κ2) is 10.8. The van der Waals surface area contributed by atoms with Crippen molar-refractivity contribution in [3.8, 4) is 0 Å². The maximum absolute atomic E-state index is 12.0. The van der Waals surface area contributed by atoms with Crippen LogP contribution in [0, 0.1) is 10.1 Å². The molecule has 1 rings (SSSR count). The van der Waals surface area contributed by atoms with Crippen LogP contribution in [0.5, 0.6) is 0 Å². The zero-order valence-electron chi connectivity index (χ0n) is 13.7. The van der Waals surface area contributed by atoms with E-state index in [1.165, 1.54) is 18.4 Å². The van der Waals surface area contributed by atoms with Crippen LogP contribution in [0.2, 0.25) is 0 Å². The lowest BCUT2D eigenvalue weighted by Crippen LogP contribution is -2.31. The van der Waals surface area contributed by atoms with Crippen LogP contribution in [-0.2, 0) is 5.75 Å². The number of nitrogens with two attached hydrogens (primary N) is 1. The number of alkyl halides is 3. The van der Waals surface area contributed by atoms with E-state index >= 15 is 0 Å². The van der Waals surface area contributed by atoms with Crippen LogP contribution in [-0.4, -0.2) is 60.3 Å². The summed E-state index contributed by atoms with van der Waals surface area (Å²) in [5.74, 6) is 1.21. The summed E-state index contributed by atoms with van der Waals surface area (Å²) >= 11 is 2.75. The Morgan fingerprint density at radius 1 is 1.54 bits per heavy atom. The summed E-state index contributed by atoms with van der Waals surface area (Å²) in [7, 11) is 1.48. The van der Waals surface area contributed by atoms with Crippen LogP contribution >= 0.6 is 23.1 Å². The molecule has 0 bridgehead atoms. The first-order valence-corrected chi connectivity index (χ1v) is 9.20. The fraction of sp³-hybridized carbons (Fsp3) is 0.583. The van der Waals surface area contributed by atoms with Crippen molar-refractivity contribution in [3.63, 3.8) is 0 Å². The quantitative estimate of drug-likeness (QED) is 0.184. The topological polar surface area (TPSA) is 131 Å². The molecule has 26 heavy (non-hydrogen) atoms. The zero-order valence-corrected chi connectivity index (χ0v) is 15.4. The molecule has 0 spiro atoms. The normalized spacial score (nSPS) is 12.9. The van der Waals surface area contributed by atoms with Crippen LogP contribution in [0.15, 0.2) is 15.4 Å². The molecule has 14 heteroatoms. The molecule has 1 heterocycles. The number of halogens is 3. The molecule has 146 valence electrons. The first kappa shape index (κ1) is 22.0. The molecule has 0 fully saturated rings. The van der Waals surface area contributed by atoms with Gasteiger partial charge in [-0.2, -0.15) is 24.9 Å². The number of nitro groups is 1. The van der Waals surface area contributed by atoms with Crippen LogP contribution in [0.3, 0.4) is 0 Å². The highest BCUT2D eigenvalue weighted by atomic mass is 32.2. The zero-order chi connectivity index (χ0) is 19.6. The highest BCUT2D eigenvalue weighted by Gasteiger charge is 2.26. The molecule has 1 aromatic heterocycles. The number of thioether (sulfide) groups is 1. The number of nitrogens with one attached hydrogen (secondary N) is 2. The van der Waals surface area contributed by atoms with Crippen molar-refractivity contribution >= 4 is 40.0 Å². The summed E-state index contributed by atoms with van der Waals surface area (Å²) in [5.41, 5.74) is 6.11. The molecule has 0 aliphatic heterocycles. The Morgan fingerprint density at radius 2 is 2.27 bits per heavy atom. The fourth-order valence-corrected chi connectivity index (χ4v) is 3.10. The van der Waals surface area contributed by atoms with Crippen molar-refractivity contribution in [3.05, 3.63) is 21.2 Å². The first-order chi connectivity index (χ1) is 12.2. The third-order valence-electron chi connectivity index (χ3n) is 2.59. The fourth-order valence-electron chi connectivity index (χ4n) is 1.53. The number of aromatic nitrogens is 1. The molecular weight excluding hydrogens is 395 g/mol. The van der Waals surface area contributed by atoms with E-state index in [0.717, 1.165) is 5.69 Å². The molecule has 0 radical (unpaired) electrons. The van der Waals surface area contributed by atoms with Crippen molar-refractivity contribution in [2.75, 3.05) is 37.8 Å². The van der Waals surface area contributed by atoms with E-state index in [1.54, 1.807) is 17.1 Å². The molecule has 0 unspecified atom stereocenters. The Labute approximate surface area is 155 Å². The largest absolute Gasteiger partial charge is 0.408 e. The van der Waals surface area contributed by atoms with Gasteiger partial charge < -0.3 is 16.4 Å². The van der Waals surface area contributed by atoms with Gasteiger partial charge in [-0.25, -0.2) is 9.98 Å². The number of aliphatic imine (C=N–C) groups is 2. The lowest BCUT2D eigenvalue weighted by atomic mass is 10.5. The molecule has 0 atom stereocenters. The molecule has 0 amide bonds. The SMILES string of the molecule is CN=C(C[N+](=O)[O-])NCCSCc1csc(NC(N)=NCC(F)(F)F)n1. The van der Waals surface area contributed by atoms with Crippen molar-refractivity contribution in [2.24, 2.45) is 15.7 Å². The van der Waals surface area contributed by atoms with Crippen LogP contribution < -0.4 is 16.4 Å². The van der Waals surface area contributed by atoms with Crippen molar-refractivity contribution in [2.45, 2.75) is 11.9 Å². The summed E-state index contributed by atoms with van der Waals surface area (Å²) in [4.78, 5) is 21.1. The monoisotopic (exact) mass is 413 g/mol. The van der Waals surface area contributed by atoms with Gasteiger partial charge in [-0.05, 0) is 0 Å². The summed E-state index contributed by atoms with van der Waals surface area (Å²) in [6.45, 7) is -1.19. The molecule has 0 saturated carbocycles. The third kappa shape index (κ3) is 10.0. The van der Waals surface area contributed by atoms with Crippen molar-refractivity contribution in [1.82, 2.24) is 10.3 Å². The van der Waals surface area contributed by atoms with Crippen molar-refractivity contribution in [1.29, 1.82) is 0 Å². The molecule has 0 aliphatic carbocycles. The molecule has 0 aromatic carbocycles. The van der Waals surface area contributed by atoms with Gasteiger partial charge in [-0.3, -0.25) is 15.1 Å². The second-order valence-corrected chi connectivity index (χ2v) is 6.69. The summed E-state index contributed by atoms with van der Waals surface area (Å²) in [6, 6.07) is 0. The van der Waals surface area contributed by atoms with E-state index < -0.39 is 17.6 Å². The first-order valence-electron chi connectivity index (χ1n) is 7.16. The van der Waals surface area contributed by atoms with Gasteiger partial charge in [0.15, 0.2) is 16.9 Å². The van der Waals surface area contributed by atoms with Gasteiger partial charge in [-0.1, -0.05) is 0 Å². The minimum Gasteiger partial charge on any atom is -0.370 e. The molecular formula is C12H18F3N7O2S2. The number of thiazole rings is 1. The summed E-state index contributed by atoms with van der Waals surface area (Å²) in [5, 5.41) is 17.9. The molecule has 0 aliphatic rings. The molecule has 1 aromatic rings. The predicted molar refractivity (Wildman–Crippen MR) is 97.7 cm³/mol. The van der Waals surface area contributed by atoms with E-state index in [4.69, 9.17) is 5.73 Å². The van der Waals surface area contributed by atoms with Gasteiger partial charge in [0.05, 0.1) is 5.69 Å². The second-order valence-electron chi connectivity index (χ2n) is 4.73. The Balaban J connectivity index is 2.30. The van der Waals surface area contributed by atoms with Gasteiger partial charge in [-0.15, -0.1) is 11.3 Å². The average molecular weight is 413 g/mol. The number of guanidine groups is 1. The predicted octanol–water partition coefficient (Wildman–Crippen LogP) is 1.56.